The lowest BCUT2D eigenvalue weighted by Crippen LogP contribution is -2.38. The van der Waals surface area contributed by atoms with Gasteiger partial charge in [-0.05, 0) is 42.9 Å². The average Bonchev–Trinajstić information content (AvgIpc) is 2.65. The van der Waals surface area contributed by atoms with Gasteiger partial charge in [0, 0.05) is 12.1 Å². The molecule has 0 bridgehead atoms. The lowest BCUT2D eigenvalue weighted by atomic mass is 10.0. The number of nitrogens with one attached hydrogen (secondary N) is 1. The minimum atomic E-state index is -0.0405. The molecule has 0 aliphatic carbocycles. The van der Waals surface area contributed by atoms with Crippen LogP contribution in [-0.4, -0.2) is 37.6 Å². The molecule has 0 radical (unpaired) electrons. The Morgan fingerprint density at radius 1 is 1.04 bits per heavy atom. The van der Waals surface area contributed by atoms with Crippen molar-refractivity contribution >= 4 is 5.91 Å². The Morgan fingerprint density at radius 2 is 1.67 bits per heavy atom. The molecule has 1 unspecified atom stereocenters. The van der Waals surface area contributed by atoms with Gasteiger partial charge in [-0.3, -0.25) is 9.69 Å². The molecule has 2 aromatic rings. The van der Waals surface area contributed by atoms with E-state index in [0.717, 1.165) is 18.8 Å². The number of benzene rings is 2. The predicted octanol–water partition coefficient (Wildman–Crippen LogP) is 3.51. The fraction of sp³-hybridized carbons (Fsp3) is 0.350. The van der Waals surface area contributed by atoms with Gasteiger partial charge in [-0.1, -0.05) is 44.2 Å². The van der Waals surface area contributed by atoms with Crippen molar-refractivity contribution in [2.75, 3.05) is 26.7 Å². The highest BCUT2D eigenvalue weighted by molar-refractivity contribution is 5.94. The van der Waals surface area contributed by atoms with Crippen LogP contribution in [-0.2, 0) is 0 Å². The summed E-state index contributed by atoms with van der Waals surface area (Å²) in [4.78, 5) is 14.7. The Kier molecular flexibility index (Phi) is 6.82. The van der Waals surface area contributed by atoms with Crippen LogP contribution in [0.25, 0.3) is 0 Å². The predicted molar refractivity (Wildman–Crippen MR) is 97.4 cm³/mol. The number of hydrogen-bond acceptors (Lipinski definition) is 3. The fourth-order valence-corrected chi connectivity index (χ4v) is 2.83. The number of nitrogens with zero attached hydrogens (tertiary/aromatic N) is 1. The summed E-state index contributed by atoms with van der Waals surface area (Å²) >= 11 is 0. The molecule has 1 atom stereocenters. The van der Waals surface area contributed by atoms with E-state index in [4.69, 9.17) is 4.74 Å². The summed E-state index contributed by atoms with van der Waals surface area (Å²) in [5, 5.41) is 3.06. The Balaban J connectivity index is 2.12. The van der Waals surface area contributed by atoms with Gasteiger partial charge in [0.2, 0.25) is 0 Å². The highest BCUT2D eigenvalue weighted by Crippen LogP contribution is 2.22. The fourth-order valence-electron chi connectivity index (χ4n) is 2.83. The molecule has 2 aromatic carbocycles. The van der Waals surface area contributed by atoms with Crippen LogP contribution in [0, 0.1) is 0 Å². The summed E-state index contributed by atoms with van der Waals surface area (Å²) in [5.74, 6) is 0.798. The zero-order valence-corrected chi connectivity index (χ0v) is 14.7. The maximum Gasteiger partial charge on any atom is 0.251 e. The van der Waals surface area contributed by atoms with Crippen LogP contribution < -0.4 is 10.1 Å². The van der Waals surface area contributed by atoms with Crippen molar-refractivity contribution in [3.63, 3.8) is 0 Å². The second-order valence-corrected chi connectivity index (χ2v) is 5.59. The molecule has 0 heterocycles. The van der Waals surface area contributed by atoms with Crippen molar-refractivity contribution in [1.29, 1.82) is 0 Å². The smallest absolute Gasteiger partial charge is 0.251 e. The van der Waals surface area contributed by atoms with Crippen LogP contribution in [0.3, 0.4) is 0 Å². The average molecular weight is 326 g/mol. The van der Waals surface area contributed by atoms with Crippen LogP contribution in [0.5, 0.6) is 5.75 Å². The molecule has 4 nitrogen and oxygen atoms in total. The molecule has 0 saturated heterocycles. The van der Waals surface area contributed by atoms with Crippen LogP contribution in [0.4, 0.5) is 0 Å². The SMILES string of the molecule is CCN(CC)C(CNC(=O)c1ccccc1)c1ccc(OC)cc1. The first-order chi connectivity index (χ1) is 11.7. The Hall–Kier alpha value is -2.33. The second-order valence-electron chi connectivity index (χ2n) is 5.59. The van der Waals surface area contributed by atoms with E-state index in [2.05, 4.69) is 36.2 Å². The highest BCUT2D eigenvalue weighted by Gasteiger charge is 2.19. The molecule has 4 heteroatoms. The first-order valence-electron chi connectivity index (χ1n) is 8.40. The quantitative estimate of drug-likeness (QED) is 0.807. The second kappa shape index (κ2) is 9.08. The third kappa shape index (κ3) is 4.59. The number of carbonyl (C=O) groups is 1. The van der Waals surface area contributed by atoms with Gasteiger partial charge < -0.3 is 10.1 Å². The number of ether oxygens (including phenoxy) is 1. The normalized spacial score (nSPS) is 12.0. The van der Waals surface area contributed by atoms with E-state index in [0.29, 0.717) is 12.1 Å². The molecule has 2 rings (SSSR count). The standard InChI is InChI=1S/C20H26N2O2/c1-4-22(5-2)19(16-11-13-18(24-3)14-12-16)15-21-20(23)17-9-7-6-8-10-17/h6-14,19H,4-5,15H2,1-3H3,(H,21,23). The molecule has 0 spiro atoms. The Morgan fingerprint density at radius 3 is 2.21 bits per heavy atom. The maximum atomic E-state index is 12.3. The van der Waals surface area contributed by atoms with Crippen LogP contribution in [0.1, 0.15) is 35.8 Å². The van der Waals surface area contributed by atoms with E-state index in [1.54, 1.807) is 7.11 Å². The molecular weight excluding hydrogens is 300 g/mol. The van der Waals surface area contributed by atoms with Gasteiger partial charge in [-0.2, -0.15) is 0 Å². The molecule has 1 amide bonds. The summed E-state index contributed by atoms with van der Waals surface area (Å²) in [7, 11) is 1.66. The molecule has 0 aliphatic heterocycles. The molecule has 0 fully saturated rings. The molecule has 1 N–H and O–H groups in total. The van der Waals surface area contributed by atoms with Gasteiger partial charge in [0.15, 0.2) is 0 Å². The molecular formula is C20H26N2O2. The number of hydrogen-bond donors (Lipinski definition) is 1. The summed E-state index contributed by atoms with van der Waals surface area (Å²) in [6, 6.07) is 17.5. The number of amides is 1. The first kappa shape index (κ1) is 18.0. The van der Waals surface area contributed by atoms with Crippen molar-refractivity contribution < 1.29 is 9.53 Å². The molecule has 0 saturated carbocycles. The van der Waals surface area contributed by atoms with Gasteiger partial charge in [0.1, 0.15) is 5.75 Å². The van der Waals surface area contributed by atoms with Gasteiger partial charge in [0.05, 0.1) is 13.2 Å². The Bertz CT molecular complexity index is 622. The largest absolute Gasteiger partial charge is 0.497 e. The van der Waals surface area contributed by atoms with E-state index in [1.165, 1.54) is 5.56 Å². The van der Waals surface area contributed by atoms with Crippen molar-refractivity contribution in [2.45, 2.75) is 19.9 Å². The minimum absolute atomic E-state index is 0.0405. The van der Waals surface area contributed by atoms with E-state index >= 15 is 0 Å². The maximum absolute atomic E-state index is 12.3. The number of carbonyl (C=O) groups excluding carboxylic acids is 1. The van der Waals surface area contributed by atoms with Gasteiger partial charge in [-0.15, -0.1) is 0 Å². The van der Waals surface area contributed by atoms with Crippen molar-refractivity contribution in [3.8, 4) is 5.75 Å². The van der Waals surface area contributed by atoms with Gasteiger partial charge in [-0.25, -0.2) is 0 Å². The summed E-state index contributed by atoms with van der Waals surface area (Å²) in [6.45, 7) is 6.70. The molecule has 128 valence electrons. The topological polar surface area (TPSA) is 41.6 Å². The van der Waals surface area contributed by atoms with Crippen molar-refractivity contribution in [1.82, 2.24) is 10.2 Å². The van der Waals surface area contributed by atoms with E-state index in [-0.39, 0.29) is 11.9 Å². The molecule has 0 aromatic heterocycles. The lowest BCUT2D eigenvalue weighted by Gasteiger charge is -2.30. The highest BCUT2D eigenvalue weighted by atomic mass is 16.5. The van der Waals surface area contributed by atoms with E-state index in [9.17, 15) is 4.79 Å². The number of likely N-dealkylation sites (N-methyl/N-ethyl adjacent to an activating group) is 1. The van der Waals surface area contributed by atoms with Gasteiger partial charge >= 0.3 is 0 Å². The zero-order valence-electron chi connectivity index (χ0n) is 14.7. The summed E-state index contributed by atoms with van der Waals surface area (Å²) < 4.78 is 5.23. The van der Waals surface area contributed by atoms with E-state index < -0.39 is 0 Å². The van der Waals surface area contributed by atoms with Gasteiger partial charge in [0.25, 0.3) is 5.91 Å². The lowest BCUT2D eigenvalue weighted by molar-refractivity contribution is 0.0935. The molecule has 24 heavy (non-hydrogen) atoms. The number of methoxy groups -OCH3 is 1. The zero-order chi connectivity index (χ0) is 17.4. The third-order valence-electron chi connectivity index (χ3n) is 4.25. The van der Waals surface area contributed by atoms with Crippen molar-refractivity contribution in [3.05, 3.63) is 65.7 Å². The Labute approximate surface area is 144 Å². The first-order valence-corrected chi connectivity index (χ1v) is 8.40. The van der Waals surface area contributed by atoms with E-state index in [1.807, 2.05) is 42.5 Å². The van der Waals surface area contributed by atoms with Crippen LogP contribution in [0.15, 0.2) is 54.6 Å². The monoisotopic (exact) mass is 326 g/mol. The van der Waals surface area contributed by atoms with Crippen LogP contribution in [0.2, 0.25) is 0 Å². The summed E-state index contributed by atoms with van der Waals surface area (Å²) in [6.07, 6.45) is 0. The molecule has 0 aliphatic rings. The minimum Gasteiger partial charge on any atom is -0.497 e. The third-order valence-corrected chi connectivity index (χ3v) is 4.25. The summed E-state index contributed by atoms with van der Waals surface area (Å²) in [5.41, 5.74) is 1.86. The van der Waals surface area contributed by atoms with Crippen molar-refractivity contribution in [2.24, 2.45) is 0 Å². The van der Waals surface area contributed by atoms with Crippen LogP contribution >= 0.6 is 0 Å². The number of rotatable bonds is 8.